The first-order chi connectivity index (χ1) is 9.54. The summed E-state index contributed by atoms with van der Waals surface area (Å²) >= 11 is 3.46. The average molecular weight is 333 g/mol. The molecule has 2 aromatic carbocycles. The number of rotatable bonds is 5. The fourth-order valence-electron chi connectivity index (χ4n) is 2.45. The van der Waals surface area contributed by atoms with E-state index in [9.17, 15) is 0 Å². The van der Waals surface area contributed by atoms with Crippen LogP contribution in [-0.4, -0.2) is 6.04 Å². The molecular weight excluding hydrogens is 312 g/mol. The second-order valence-corrected chi connectivity index (χ2v) is 6.55. The van der Waals surface area contributed by atoms with Gasteiger partial charge in [-0.15, -0.1) is 0 Å². The molecule has 2 aromatic rings. The summed E-state index contributed by atoms with van der Waals surface area (Å²) in [6.45, 7) is 4.46. The van der Waals surface area contributed by atoms with Crippen LogP contribution in [0.4, 0.5) is 0 Å². The van der Waals surface area contributed by atoms with Gasteiger partial charge in [-0.1, -0.05) is 72.2 Å². The Hall–Kier alpha value is -1.16. The second kappa shape index (κ2) is 6.53. The maximum Gasteiger partial charge on any atom is 0.0342 e. The van der Waals surface area contributed by atoms with Crippen LogP contribution in [0.2, 0.25) is 0 Å². The van der Waals surface area contributed by atoms with E-state index in [1.54, 1.807) is 0 Å². The van der Waals surface area contributed by atoms with Gasteiger partial charge < -0.3 is 0 Å². The van der Waals surface area contributed by atoms with Crippen LogP contribution in [0.1, 0.15) is 25.0 Å². The Morgan fingerprint density at radius 3 is 2.20 bits per heavy atom. The van der Waals surface area contributed by atoms with E-state index < -0.39 is 0 Å². The summed E-state index contributed by atoms with van der Waals surface area (Å²) in [5, 5.41) is 0. The van der Waals surface area contributed by atoms with Crippen LogP contribution in [0.3, 0.4) is 0 Å². The van der Waals surface area contributed by atoms with Gasteiger partial charge in [-0.25, -0.2) is 0 Å². The molecule has 0 heterocycles. The lowest BCUT2D eigenvalue weighted by Gasteiger charge is -2.34. The molecule has 1 unspecified atom stereocenters. The number of benzene rings is 2. The van der Waals surface area contributed by atoms with E-state index in [0.717, 1.165) is 10.9 Å². The largest absolute Gasteiger partial charge is 0.271 e. The molecule has 0 aromatic heterocycles. The minimum absolute atomic E-state index is 0.0386. The lowest BCUT2D eigenvalue weighted by Crippen LogP contribution is -2.49. The van der Waals surface area contributed by atoms with E-state index in [1.165, 1.54) is 11.1 Å². The summed E-state index contributed by atoms with van der Waals surface area (Å²) in [7, 11) is 0. The molecule has 20 heavy (non-hydrogen) atoms. The maximum atomic E-state index is 5.81. The van der Waals surface area contributed by atoms with Crippen molar-refractivity contribution in [3.63, 3.8) is 0 Å². The highest BCUT2D eigenvalue weighted by Gasteiger charge is 2.30. The predicted molar refractivity (Wildman–Crippen MR) is 88.4 cm³/mol. The lowest BCUT2D eigenvalue weighted by atomic mass is 9.76. The molecule has 0 saturated heterocycles. The fourth-order valence-corrected chi connectivity index (χ4v) is 2.71. The van der Waals surface area contributed by atoms with E-state index in [-0.39, 0.29) is 11.5 Å². The van der Waals surface area contributed by atoms with Crippen LogP contribution < -0.4 is 11.3 Å². The molecule has 0 aliphatic carbocycles. The Morgan fingerprint density at radius 1 is 1.05 bits per heavy atom. The molecule has 0 fully saturated rings. The standard InChI is InChI=1S/C17H21BrN2/c1-17(2,14-6-4-3-5-7-14)16(20-19)12-13-8-10-15(18)11-9-13/h3-11,16,20H,12,19H2,1-2H3. The van der Waals surface area contributed by atoms with Crippen molar-refractivity contribution in [2.45, 2.75) is 31.7 Å². The molecule has 0 saturated carbocycles. The van der Waals surface area contributed by atoms with Crippen molar-refractivity contribution < 1.29 is 0 Å². The Morgan fingerprint density at radius 2 is 1.65 bits per heavy atom. The fraction of sp³-hybridized carbons (Fsp3) is 0.294. The van der Waals surface area contributed by atoms with Gasteiger partial charge in [-0.3, -0.25) is 11.3 Å². The zero-order valence-corrected chi connectivity index (χ0v) is 13.5. The molecule has 3 N–H and O–H groups in total. The smallest absolute Gasteiger partial charge is 0.0342 e. The highest BCUT2D eigenvalue weighted by molar-refractivity contribution is 9.10. The Bertz CT molecular complexity index is 535. The first kappa shape index (κ1) is 15.2. The molecule has 0 radical (unpaired) electrons. The Labute approximate surface area is 129 Å². The van der Waals surface area contributed by atoms with Crippen LogP contribution in [-0.2, 0) is 11.8 Å². The molecule has 106 valence electrons. The summed E-state index contributed by atoms with van der Waals surface area (Å²) in [4.78, 5) is 0. The summed E-state index contributed by atoms with van der Waals surface area (Å²) in [6, 6.07) is 19.1. The van der Waals surface area contributed by atoms with E-state index in [2.05, 4.69) is 83.7 Å². The van der Waals surface area contributed by atoms with Gasteiger partial charge in [0.2, 0.25) is 0 Å². The van der Waals surface area contributed by atoms with Crippen molar-refractivity contribution in [1.82, 2.24) is 5.43 Å². The average Bonchev–Trinajstić information content (AvgIpc) is 2.47. The zero-order chi connectivity index (χ0) is 14.6. The minimum atomic E-state index is -0.0386. The predicted octanol–water partition coefficient (Wildman–Crippen LogP) is 3.80. The second-order valence-electron chi connectivity index (χ2n) is 5.64. The van der Waals surface area contributed by atoms with Crippen LogP contribution >= 0.6 is 15.9 Å². The third-order valence-electron chi connectivity index (χ3n) is 3.94. The van der Waals surface area contributed by atoms with Crippen molar-refractivity contribution >= 4 is 15.9 Å². The van der Waals surface area contributed by atoms with Gasteiger partial charge in [0.25, 0.3) is 0 Å². The molecule has 1 atom stereocenters. The van der Waals surface area contributed by atoms with Gasteiger partial charge in [-0.05, 0) is 29.7 Å². The van der Waals surface area contributed by atoms with Crippen molar-refractivity contribution in [1.29, 1.82) is 0 Å². The SMILES string of the molecule is CC(C)(c1ccccc1)C(Cc1ccc(Br)cc1)NN. The number of nitrogens with one attached hydrogen (secondary N) is 1. The topological polar surface area (TPSA) is 38.0 Å². The first-order valence-electron chi connectivity index (χ1n) is 6.80. The number of hydrogen-bond donors (Lipinski definition) is 2. The van der Waals surface area contributed by atoms with Gasteiger partial charge in [-0.2, -0.15) is 0 Å². The van der Waals surface area contributed by atoms with Gasteiger partial charge in [0.05, 0.1) is 0 Å². The minimum Gasteiger partial charge on any atom is -0.271 e. The normalized spacial score (nSPS) is 13.2. The molecule has 0 aliphatic rings. The van der Waals surface area contributed by atoms with Crippen LogP contribution in [0.25, 0.3) is 0 Å². The number of hydrogen-bond acceptors (Lipinski definition) is 2. The Kier molecular flexibility index (Phi) is 4.97. The molecular formula is C17H21BrN2. The van der Waals surface area contributed by atoms with Gasteiger partial charge in [0.1, 0.15) is 0 Å². The maximum absolute atomic E-state index is 5.81. The van der Waals surface area contributed by atoms with Crippen molar-refractivity contribution in [2.24, 2.45) is 5.84 Å². The Balaban J connectivity index is 2.21. The van der Waals surface area contributed by atoms with Gasteiger partial charge >= 0.3 is 0 Å². The van der Waals surface area contributed by atoms with E-state index in [0.29, 0.717) is 0 Å². The van der Waals surface area contributed by atoms with Gasteiger partial charge in [0, 0.05) is 15.9 Å². The molecule has 0 amide bonds. The van der Waals surface area contributed by atoms with Crippen LogP contribution in [0.5, 0.6) is 0 Å². The van der Waals surface area contributed by atoms with E-state index >= 15 is 0 Å². The monoisotopic (exact) mass is 332 g/mol. The third kappa shape index (κ3) is 3.48. The van der Waals surface area contributed by atoms with Gasteiger partial charge in [0.15, 0.2) is 0 Å². The highest BCUT2D eigenvalue weighted by atomic mass is 79.9. The first-order valence-corrected chi connectivity index (χ1v) is 7.59. The van der Waals surface area contributed by atoms with Crippen molar-refractivity contribution in [3.8, 4) is 0 Å². The number of nitrogens with two attached hydrogens (primary N) is 1. The molecule has 3 heteroatoms. The highest BCUT2D eigenvalue weighted by Crippen LogP contribution is 2.28. The molecule has 2 rings (SSSR count). The number of hydrazine groups is 1. The molecule has 2 nitrogen and oxygen atoms in total. The van der Waals surface area contributed by atoms with Crippen molar-refractivity contribution in [2.75, 3.05) is 0 Å². The summed E-state index contributed by atoms with van der Waals surface area (Å²) in [5.41, 5.74) is 5.52. The van der Waals surface area contributed by atoms with Crippen LogP contribution in [0.15, 0.2) is 59.1 Å². The molecule has 0 bridgehead atoms. The quantitative estimate of drug-likeness (QED) is 0.645. The lowest BCUT2D eigenvalue weighted by molar-refractivity contribution is 0.341. The third-order valence-corrected chi connectivity index (χ3v) is 4.47. The summed E-state index contributed by atoms with van der Waals surface area (Å²) < 4.78 is 1.10. The van der Waals surface area contributed by atoms with E-state index in [4.69, 9.17) is 5.84 Å². The summed E-state index contributed by atoms with van der Waals surface area (Å²) in [6.07, 6.45) is 0.895. The summed E-state index contributed by atoms with van der Waals surface area (Å²) in [5.74, 6) is 5.81. The van der Waals surface area contributed by atoms with Crippen LogP contribution in [0, 0.1) is 0 Å². The number of halogens is 1. The molecule has 0 spiro atoms. The molecule has 0 aliphatic heterocycles. The van der Waals surface area contributed by atoms with E-state index in [1.807, 2.05) is 6.07 Å². The van der Waals surface area contributed by atoms with Crippen molar-refractivity contribution in [3.05, 3.63) is 70.2 Å². The zero-order valence-electron chi connectivity index (χ0n) is 11.9.